The highest BCUT2D eigenvalue weighted by Gasteiger charge is 2.26. The normalized spacial score (nSPS) is 17.6. The lowest BCUT2D eigenvalue weighted by molar-refractivity contribution is 0.200. The van der Waals surface area contributed by atoms with Crippen LogP contribution in [0.15, 0.2) is 42.5 Å². The molecule has 2 aromatic carbocycles. The van der Waals surface area contributed by atoms with Crippen LogP contribution in [0.1, 0.15) is 6.42 Å². The van der Waals surface area contributed by atoms with Crippen molar-refractivity contribution in [3.05, 3.63) is 53.3 Å². The molecule has 0 radical (unpaired) electrons. The van der Waals surface area contributed by atoms with Crippen LogP contribution in [0.3, 0.4) is 0 Å². The molecule has 132 valence electrons. The molecule has 25 heavy (non-hydrogen) atoms. The first kappa shape index (κ1) is 17.7. The van der Waals surface area contributed by atoms with E-state index in [0.717, 1.165) is 25.1 Å². The number of anilines is 1. The largest absolute Gasteiger partial charge is 0.465 e. The van der Waals surface area contributed by atoms with Gasteiger partial charge in [-0.25, -0.2) is 9.18 Å². The molecule has 0 bridgehead atoms. The third-order valence-corrected chi connectivity index (χ3v) is 4.88. The van der Waals surface area contributed by atoms with Crippen molar-refractivity contribution in [3.63, 3.8) is 0 Å². The second-order valence-corrected chi connectivity index (χ2v) is 6.86. The van der Waals surface area contributed by atoms with E-state index < -0.39 is 11.9 Å². The number of rotatable bonds is 4. The van der Waals surface area contributed by atoms with Gasteiger partial charge in [0.2, 0.25) is 0 Å². The molecule has 0 unspecified atom stereocenters. The van der Waals surface area contributed by atoms with Crippen LogP contribution in [-0.2, 0) is 0 Å². The number of amides is 1. The average molecular weight is 363 g/mol. The molecule has 1 aliphatic heterocycles. The molecule has 6 heteroatoms. The van der Waals surface area contributed by atoms with E-state index in [-0.39, 0.29) is 5.02 Å². The van der Waals surface area contributed by atoms with Gasteiger partial charge in [-0.1, -0.05) is 35.9 Å². The molecule has 1 amide bonds. The van der Waals surface area contributed by atoms with Crippen molar-refractivity contribution in [2.75, 3.05) is 31.6 Å². The number of carboxylic acid groups (broad SMARTS) is 1. The number of hydrogen-bond acceptors (Lipinski definition) is 2. The van der Waals surface area contributed by atoms with Gasteiger partial charge < -0.3 is 10.0 Å². The van der Waals surface area contributed by atoms with Crippen LogP contribution >= 0.6 is 11.6 Å². The van der Waals surface area contributed by atoms with Gasteiger partial charge in [-0.3, -0.25) is 4.90 Å². The zero-order valence-corrected chi connectivity index (χ0v) is 14.7. The lowest BCUT2D eigenvalue weighted by Crippen LogP contribution is -2.35. The molecule has 1 saturated heterocycles. The predicted molar refractivity (Wildman–Crippen MR) is 97.8 cm³/mol. The molecule has 1 N–H and O–H groups in total. The topological polar surface area (TPSA) is 43.8 Å². The number of halogens is 2. The Morgan fingerprint density at radius 1 is 1.36 bits per heavy atom. The average Bonchev–Trinajstić information content (AvgIpc) is 3.00. The Morgan fingerprint density at radius 3 is 2.76 bits per heavy atom. The fourth-order valence-electron chi connectivity index (χ4n) is 3.33. The van der Waals surface area contributed by atoms with Crippen molar-refractivity contribution in [2.45, 2.75) is 6.42 Å². The van der Waals surface area contributed by atoms with Gasteiger partial charge in [0.15, 0.2) is 0 Å². The third kappa shape index (κ3) is 3.94. The van der Waals surface area contributed by atoms with Crippen molar-refractivity contribution >= 4 is 23.4 Å². The van der Waals surface area contributed by atoms with Crippen molar-refractivity contribution in [2.24, 2.45) is 5.92 Å². The van der Waals surface area contributed by atoms with Crippen LogP contribution in [0.2, 0.25) is 5.02 Å². The van der Waals surface area contributed by atoms with Crippen LogP contribution in [0.5, 0.6) is 0 Å². The summed E-state index contributed by atoms with van der Waals surface area (Å²) >= 11 is 5.90. The van der Waals surface area contributed by atoms with E-state index >= 15 is 0 Å². The molecule has 1 heterocycles. The fraction of sp³-hybridized carbons (Fsp3) is 0.316. The maximum Gasteiger partial charge on any atom is 0.411 e. The van der Waals surface area contributed by atoms with Gasteiger partial charge in [0.1, 0.15) is 5.82 Å². The Morgan fingerprint density at radius 2 is 2.12 bits per heavy atom. The van der Waals surface area contributed by atoms with Crippen molar-refractivity contribution in [1.82, 2.24) is 4.90 Å². The third-order valence-electron chi connectivity index (χ3n) is 4.59. The zero-order chi connectivity index (χ0) is 18.0. The second-order valence-electron chi connectivity index (χ2n) is 6.46. The molecule has 2 aromatic rings. The van der Waals surface area contributed by atoms with Gasteiger partial charge in [-0.2, -0.15) is 0 Å². The van der Waals surface area contributed by atoms with Crippen LogP contribution in [0.4, 0.5) is 14.9 Å². The van der Waals surface area contributed by atoms with Crippen LogP contribution < -0.4 is 4.90 Å². The molecule has 0 saturated carbocycles. The summed E-state index contributed by atoms with van der Waals surface area (Å²) in [5.41, 5.74) is 2.00. The SMILES string of the molecule is CN1CC[C@@H](CN(C(=O)O)c2ccccc2-c2ccc(F)c(Cl)c2)C1. The van der Waals surface area contributed by atoms with Crippen LogP contribution in [-0.4, -0.2) is 42.8 Å². The quantitative estimate of drug-likeness (QED) is 0.865. The van der Waals surface area contributed by atoms with Gasteiger partial charge in [0.25, 0.3) is 0 Å². The number of benzene rings is 2. The summed E-state index contributed by atoms with van der Waals surface area (Å²) in [5, 5.41) is 9.77. The minimum Gasteiger partial charge on any atom is -0.465 e. The lowest BCUT2D eigenvalue weighted by Gasteiger charge is -2.25. The van der Waals surface area contributed by atoms with E-state index in [1.807, 2.05) is 19.2 Å². The van der Waals surface area contributed by atoms with E-state index in [1.54, 1.807) is 18.2 Å². The molecule has 1 atom stereocenters. The molecule has 1 fully saturated rings. The molecule has 1 aliphatic rings. The predicted octanol–water partition coefficient (Wildman–Crippen LogP) is 4.58. The highest BCUT2D eigenvalue weighted by atomic mass is 35.5. The maximum atomic E-state index is 13.5. The summed E-state index contributed by atoms with van der Waals surface area (Å²) in [4.78, 5) is 15.5. The lowest BCUT2D eigenvalue weighted by atomic mass is 10.0. The molecule has 4 nitrogen and oxygen atoms in total. The number of carbonyl (C=O) groups is 1. The Kier molecular flexibility index (Phi) is 5.25. The Hall–Kier alpha value is -2.11. The van der Waals surface area contributed by atoms with Crippen molar-refractivity contribution in [3.8, 4) is 11.1 Å². The highest BCUT2D eigenvalue weighted by Crippen LogP contribution is 2.34. The monoisotopic (exact) mass is 362 g/mol. The molecular formula is C19H20ClFN2O2. The first-order chi connectivity index (χ1) is 12.0. The maximum absolute atomic E-state index is 13.5. The number of hydrogen-bond donors (Lipinski definition) is 1. The number of para-hydroxylation sites is 1. The standard InChI is InChI=1S/C19H20ClFN2O2/c1-22-9-8-13(11-22)12-23(19(24)25)18-5-3-2-4-15(18)14-6-7-17(21)16(20)10-14/h2-7,10,13H,8-9,11-12H2,1H3,(H,24,25)/t13-/m1/s1. The number of nitrogens with zero attached hydrogens (tertiary/aromatic N) is 2. The minimum atomic E-state index is -0.991. The molecule has 0 aromatic heterocycles. The fourth-order valence-corrected chi connectivity index (χ4v) is 3.51. The summed E-state index contributed by atoms with van der Waals surface area (Å²) in [6, 6.07) is 11.7. The zero-order valence-electron chi connectivity index (χ0n) is 14.0. The Labute approximate surface area is 151 Å². The van der Waals surface area contributed by atoms with E-state index in [1.165, 1.54) is 17.0 Å². The van der Waals surface area contributed by atoms with E-state index in [9.17, 15) is 14.3 Å². The Balaban J connectivity index is 1.96. The summed E-state index contributed by atoms with van der Waals surface area (Å²) < 4.78 is 13.5. The second kappa shape index (κ2) is 7.42. The Bertz CT molecular complexity index is 784. The van der Waals surface area contributed by atoms with Gasteiger partial charge in [0, 0.05) is 18.7 Å². The summed E-state index contributed by atoms with van der Waals surface area (Å²) in [5.74, 6) is -0.196. The minimum absolute atomic E-state index is 0.0200. The smallest absolute Gasteiger partial charge is 0.411 e. The highest BCUT2D eigenvalue weighted by molar-refractivity contribution is 6.31. The molecular weight excluding hydrogens is 343 g/mol. The van der Waals surface area contributed by atoms with Gasteiger partial charge in [-0.05, 0) is 49.7 Å². The summed E-state index contributed by atoms with van der Waals surface area (Å²) in [6.07, 6.45) is -0.0135. The van der Waals surface area contributed by atoms with Crippen LogP contribution in [0.25, 0.3) is 11.1 Å². The molecule has 0 aliphatic carbocycles. The van der Waals surface area contributed by atoms with Crippen LogP contribution in [0, 0.1) is 11.7 Å². The van der Waals surface area contributed by atoms with E-state index in [0.29, 0.717) is 23.7 Å². The van der Waals surface area contributed by atoms with Gasteiger partial charge in [-0.15, -0.1) is 0 Å². The summed E-state index contributed by atoms with van der Waals surface area (Å²) in [7, 11) is 2.04. The summed E-state index contributed by atoms with van der Waals surface area (Å²) in [6.45, 7) is 2.30. The van der Waals surface area contributed by atoms with E-state index in [2.05, 4.69) is 4.90 Å². The number of likely N-dealkylation sites (tertiary alicyclic amines) is 1. The van der Waals surface area contributed by atoms with Gasteiger partial charge in [0.05, 0.1) is 10.7 Å². The van der Waals surface area contributed by atoms with Crippen molar-refractivity contribution in [1.29, 1.82) is 0 Å². The van der Waals surface area contributed by atoms with Crippen molar-refractivity contribution < 1.29 is 14.3 Å². The first-order valence-electron chi connectivity index (χ1n) is 8.19. The van der Waals surface area contributed by atoms with E-state index in [4.69, 9.17) is 11.6 Å². The van der Waals surface area contributed by atoms with Gasteiger partial charge >= 0.3 is 6.09 Å². The molecule has 0 spiro atoms. The molecule has 3 rings (SSSR count). The first-order valence-corrected chi connectivity index (χ1v) is 8.57.